The van der Waals surface area contributed by atoms with Crippen LogP contribution in [-0.4, -0.2) is 29.8 Å². The lowest BCUT2D eigenvalue weighted by Gasteiger charge is -2.20. The van der Waals surface area contributed by atoms with Gasteiger partial charge in [0.05, 0.1) is 12.8 Å². The van der Waals surface area contributed by atoms with Crippen LogP contribution in [0.2, 0.25) is 0 Å². The summed E-state index contributed by atoms with van der Waals surface area (Å²) in [6.07, 6.45) is 1.57. The molecule has 0 atom stereocenters. The summed E-state index contributed by atoms with van der Waals surface area (Å²) >= 11 is 3.33. The molecule has 1 aromatic heterocycles. The fourth-order valence-corrected chi connectivity index (χ4v) is 2.21. The first kappa shape index (κ1) is 16.3. The molecule has 22 heavy (non-hydrogen) atoms. The first-order valence-corrected chi connectivity index (χ1v) is 7.67. The Morgan fingerprint density at radius 2 is 1.95 bits per heavy atom. The molecule has 0 aliphatic heterocycles. The average molecular weight is 365 g/mol. The van der Waals surface area contributed by atoms with E-state index in [0.717, 1.165) is 10.2 Å². The van der Waals surface area contributed by atoms with Crippen molar-refractivity contribution in [3.63, 3.8) is 0 Å². The third kappa shape index (κ3) is 4.73. The minimum Gasteiger partial charge on any atom is -0.467 e. The third-order valence-electron chi connectivity index (χ3n) is 3.15. The molecular weight excluding hydrogens is 348 g/mol. The number of amides is 2. The summed E-state index contributed by atoms with van der Waals surface area (Å²) in [6, 6.07) is 10.7. The smallest absolute Gasteiger partial charge is 0.251 e. The summed E-state index contributed by atoms with van der Waals surface area (Å²) in [7, 11) is 0. The molecule has 0 saturated heterocycles. The van der Waals surface area contributed by atoms with E-state index in [9.17, 15) is 9.59 Å². The molecule has 2 aromatic rings. The van der Waals surface area contributed by atoms with Gasteiger partial charge in [0.15, 0.2) is 0 Å². The SMILES string of the molecule is CC(=O)N(CCNC(=O)c1ccc(Br)cc1)Cc1ccco1. The highest BCUT2D eigenvalue weighted by Crippen LogP contribution is 2.10. The molecule has 1 heterocycles. The van der Waals surface area contributed by atoms with Crippen LogP contribution in [0.25, 0.3) is 0 Å². The van der Waals surface area contributed by atoms with Gasteiger partial charge in [-0.15, -0.1) is 0 Å². The summed E-state index contributed by atoms with van der Waals surface area (Å²) in [4.78, 5) is 25.2. The van der Waals surface area contributed by atoms with Gasteiger partial charge < -0.3 is 14.6 Å². The van der Waals surface area contributed by atoms with Gasteiger partial charge in [-0.05, 0) is 36.4 Å². The van der Waals surface area contributed by atoms with E-state index >= 15 is 0 Å². The Labute approximate surface area is 137 Å². The average Bonchev–Trinajstić information content (AvgIpc) is 2.99. The number of rotatable bonds is 6. The van der Waals surface area contributed by atoms with Crippen LogP contribution in [0.1, 0.15) is 23.0 Å². The molecule has 6 heteroatoms. The largest absolute Gasteiger partial charge is 0.467 e. The number of benzene rings is 1. The van der Waals surface area contributed by atoms with Crippen LogP contribution in [-0.2, 0) is 11.3 Å². The number of hydrogen-bond acceptors (Lipinski definition) is 3. The Hall–Kier alpha value is -2.08. The topological polar surface area (TPSA) is 62.6 Å². The summed E-state index contributed by atoms with van der Waals surface area (Å²) in [5, 5.41) is 2.80. The van der Waals surface area contributed by atoms with Crippen molar-refractivity contribution in [2.75, 3.05) is 13.1 Å². The van der Waals surface area contributed by atoms with E-state index in [-0.39, 0.29) is 11.8 Å². The van der Waals surface area contributed by atoms with E-state index in [4.69, 9.17) is 4.42 Å². The van der Waals surface area contributed by atoms with Gasteiger partial charge in [-0.1, -0.05) is 15.9 Å². The Kier molecular flexibility index (Phi) is 5.77. The van der Waals surface area contributed by atoms with Crippen molar-refractivity contribution in [2.24, 2.45) is 0 Å². The highest BCUT2D eigenvalue weighted by Gasteiger charge is 2.12. The summed E-state index contributed by atoms with van der Waals surface area (Å²) in [6.45, 7) is 2.71. The fourth-order valence-electron chi connectivity index (χ4n) is 1.95. The molecule has 0 aliphatic carbocycles. The molecule has 5 nitrogen and oxygen atoms in total. The number of furan rings is 1. The van der Waals surface area contributed by atoms with Gasteiger partial charge in [-0.2, -0.15) is 0 Å². The molecule has 0 unspecified atom stereocenters. The predicted octanol–water partition coefficient (Wildman–Crippen LogP) is 2.82. The second-order valence-electron chi connectivity index (χ2n) is 4.78. The van der Waals surface area contributed by atoms with Gasteiger partial charge in [0, 0.05) is 30.0 Å². The van der Waals surface area contributed by atoms with E-state index in [2.05, 4.69) is 21.2 Å². The molecule has 0 fully saturated rings. The van der Waals surface area contributed by atoms with E-state index in [1.165, 1.54) is 6.92 Å². The standard InChI is InChI=1S/C16H17BrN2O3/c1-12(20)19(11-15-3-2-10-22-15)9-8-18-16(21)13-4-6-14(17)7-5-13/h2-7,10H,8-9,11H2,1H3,(H,18,21). The first-order valence-electron chi connectivity index (χ1n) is 6.88. The number of carbonyl (C=O) groups excluding carboxylic acids is 2. The number of nitrogens with zero attached hydrogens (tertiary/aromatic N) is 1. The zero-order chi connectivity index (χ0) is 15.9. The van der Waals surface area contributed by atoms with E-state index in [1.807, 2.05) is 18.2 Å². The minimum atomic E-state index is -0.158. The zero-order valence-electron chi connectivity index (χ0n) is 12.2. The highest BCUT2D eigenvalue weighted by atomic mass is 79.9. The predicted molar refractivity (Wildman–Crippen MR) is 86.3 cm³/mol. The summed E-state index contributed by atoms with van der Waals surface area (Å²) in [5.41, 5.74) is 0.587. The van der Waals surface area contributed by atoms with Crippen molar-refractivity contribution in [1.29, 1.82) is 0 Å². The minimum absolute atomic E-state index is 0.0608. The second-order valence-corrected chi connectivity index (χ2v) is 5.70. The van der Waals surface area contributed by atoms with Crippen LogP contribution < -0.4 is 5.32 Å². The molecule has 2 rings (SSSR count). The van der Waals surface area contributed by atoms with Gasteiger partial charge >= 0.3 is 0 Å². The van der Waals surface area contributed by atoms with E-state index in [0.29, 0.717) is 25.2 Å². The first-order chi connectivity index (χ1) is 10.6. The van der Waals surface area contributed by atoms with Crippen molar-refractivity contribution >= 4 is 27.7 Å². The normalized spacial score (nSPS) is 10.3. The molecular formula is C16H17BrN2O3. The molecule has 0 bridgehead atoms. The maximum atomic E-state index is 12.0. The number of carbonyl (C=O) groups is 2. The number of halogens is 1. The second kappa shape index (κ2) is 7.79. The Bertz CT molecular complexity index is 623. The van der Waals surface area contributed by atoms with Crippen LogP contribution in [0, 0.1) is 0 Å². The number of hydrogen-bond donors (Lipinski definition) is 1. The monoisotopic (exact) mass is 364 g/mol. The quantitative estimate of drug-likeness (QED) is 0.856. The Balaban J connectivity index is 1.83. The fraction of sp³-hybridized carbons (Fsp3) is 0.250. The maximum Gasteiger partial charge on any atom is 0.251 e. The van der Waals surface area contributed by atoms with Gasteiger partial charge in [0.2, 0.25) is 5.91 Å². The van der Waals surface area contributed by atoms with Crippen molar-refractivity contribution < 1.29 is 14.0 Å². The van der Waals surface area contributed by atoms with Crippen LogP contribution in [0.15, 0.2) is 51.6 Å². The van der Waals surface area contributed by atoms with Gasteiger partial charge in [-0.3, -0.25) is 9.59 Å². The molecule has 1 aromatic carbocycles. The molecule has 116 valence electrons. The van der Waals surface area contributed by atoms with Gasteiger partial charge in [0.1, 0.15) is 5.76 Å². The molecule has 0 spiro atoms. The number of nitrogens with one attached hydrogen (secondary N) is 1. The van der Waals surface area contributed by atoms with E-state index < -0.39 is 0 Å². The van der Waals surface area contributed by atoms with Crippen LogP contribution in [0.4, 0.5) is 0 Å². The van der Waals surface area contributed by atoms with Crippen molar-refractivity contribution in [1.82, 2.24) is 10.2 Å². The van der Waals surface area contributed by atoms with Crippen molar-refractivity contribution in [3.8, 4) is 0 Å². The molecule has 0 saturated carbocycles. The molecule has 0 aliphatic rings. The molecule has 0 radical (unpaired) electrons. The van der Waals surface area contributed by atoms with Gasteiger partial charge in [0.25, 0.3) is 5.91 Å². The highest BCUT2D eigenvalue weighted by molar-refractivity contribution is 9.10. The van der Waals surface area contributed by atoms with Crippen LogP contribution in [0.3, 0.4) is 0 Å². The Morgan fingerprint density at radius 3 is 2.55 bits per heavy atom. The zero-order valence-corrected chi connectivity index (χ0v) is 13.8. The Morgan fingerprint density at radius 1 is 1.23 bits per heavy atom. The van der Waals surface area contributed by atoms with Crippen LogP contribution >= 0.6 is 15.9 Å². The maximum absolute atomic E-state index is 12.0. The summed E-state index contributed by atoms with van der Waals surface area (Å²) in [5.74, 6) is 0.498. The summed E-state index contributed by atoms with van der Waals surface area (Å²) < 4.78 is 6.16. The van der Waals surface area contributed by atoms with Gasteiger partial charge in [-0.25, -0.2) is 0 Å². The lowest BCUT2D eigenvalue weighted by atomic mass is 10.2. The third-order valence-corrected chi connectivity index (χ3v) is 3.67. The molecule has 2 amide bonds. The van der Waals surface area contributed by atoms with E-state index in [1.54, 1.807) is 29.4 Å². The van der Waals surface area contributed by atoms with Crippen molar-refractivity contribution in [3.05, 3.63) is 58.5 Å². The van der Waals surface area contributed by atoms with Crippen molar-refractivity contribution in [2.45, 2.75) is 13.5 Å². The lowest BCUT2D eigenvalue weighted by Crippen LogP contribution is -2.37. The van der Waals surface area contributed by atoms with Crippen LogP contribution in [0.5, 0.6) is 0 Å². The lowest BCUT2D eigenvalue weighted by molar-refractivity contribution is -0.129. The molecule has 1 N–H and O–H groups in total.